The van der Waals surface area contributed by atoms with Crippen LogP contribution in [0.3, 0.4) is 0 Å². The molecule has 33 rings (SSSR count). The topological polar surface area (TPSA) is 144 Å². The SMILES string of the molecule is c1ccc(-c2ccc3c4c5oc6ccc7ccccc7c6c5ccc4n(-c4nc(-c5ccc6ccccc6c5)c5sc6ccccc6c5n4)c3c2)cc1.c1ccc(-c2ccc3c4c5oc6ccc7ccccc7c6c5ccc4n(-c4nc(-c5ccccc5)c5sc6ccccc6c5n4)c3c2)cc1.c1ccc(-c2ccc3c4c5oc6ccc7ccccc7c6c5ccc4n(-c4nc(-c5ccccc5)nc(-c5ccccc5)n4)c3c2)cc1. The highest BCUT2D eigenvalue weighted by Gasteiger charge is 2.30. The van der Waals surface area contributed by atoms with Crippen molar-refractivity contribution < 1.29 is 13.3 Å². The Bertz CT molecular complexity index is 11400. The number of rotatable bonds is 10. The summed E-state index contributed by atoms with van der Waals surface area (Å²) < 4.78 is 31.6. The monoisotopic (exact) mass is 1950 g/mol. The average molecular weight is 1950 g/mol. The molecule has 0 unspecified atom stereocenters. The Balaban J connectivity index is 0.000000101. The highest BCUT2D eigenvalue weighted by Crippen LogP contribution is 2.51. The van der Waals surface area contributed by atoms with Crippen molar-refractivity contribution in [2.45, 2.75) is 0 Å². The lowest BCUT2D eigenvalue weighted by atomic mass is 10.0. The number of hydrogen-bond donors (Lipinski definition) is 0. The molecule has 0 bridgehead atoms. The summed E-state index contributed by atoms with van der Waals surface area (Å²) in [6.07, 6.45) is 0. The van der Waals surface area contributed by atoms with E-state index in [1.54, 1.807) is 22.7 Å². The fourth-order valence-electron chi connectivity index (χ4n) is 23.0. The molecule has 0 spiro atoms. The van der Waals surface area contributed by atoms with E-state index >= 15 is 0 Å². The van der Waals surface area contributed by atoms with E-state index in [1.807, 2.05) is 72.8 Å². The van der Waals surface area contributed by atoms with E-state index in [4.69, 9.17) is 48.1 Å². The van der Waals surface area contributed by atoms with E-state index in [0.717, 1.165) is 229 Å². The second-order valence-electron chi connectivity index (χ2n) is 38.3. The molecule has 0 saturated heterocycles. The molecular formula is C135H78N10O3S2. The van der Waals surface area contributed by atoms with Crippen LogP contribution in [0.15, 0.2) is 486 Å². The van der Waals surface area contributed by atoms with Gasteiger partial charge in [-0.25, -0.2) is 24.9 Å². The highest BCUT2D eigenvalue weighted by atomic mass is 32.1. The van der Waals surface area contributed by atoms with E-state index in [0.29, 0.717) is 29.5 Å². The highest BCUT2D eigenvalue weighted by molar-refractivity contribution is 7.26. The number of nitrogens with zero attached hydrogens (tertiary/aromatic N) is 10. The van der Waals surface area contributed by atoms with Crippen LogP contribution >= 0.6 is 22.7 Å². The summed E-state index contributed by atoms with van der Waals surface area (Å²) in [7, 11) is 0. The van der Waals surface area contributed by atoms with Crippen LogP contribution in [0.2, 0.25) is 0 Å². The summed E-state index contributed by atoms with van der Waals surface area (Å²) in [4.78, 5) is 37.0. The normalized spacial score (nSPS) is 12.0. The van der Waals surface area contributed by atoms with Gasteiger partial charge in [-0.15, -0.1) is 22.7 Å². The van der Waals surface area contributed by atoms with Crippen molar-refractivity contribution in [3.05, 3.63) is 473 Å². The predicted octanol–water partition coefficient (Wildman–Crippen LogP) is 36.8. The van der Waals surface area contributed by atoms with Gasteiger partial charge >= 0.3 is 0 Å². The molecule has 11 heterocycles. The average Bonchev–Trinajstić information content (AvgIpc) is 1.55. The quantitative estimate of drug-likeness (QED) is 0.130. The van der Waals surface area contributed by atoms with Crippen LogP contribution in [-0.2, 0) is 0 Å². The summed E-state index contributed by atoms with van der Waals surface area (Å²) in [6.45, 7) is 0. The van der Waals surface area contributed by atoms with Crippen molar-refractivity contribution in [1.82, 2.24) is 48.6 Å². The minimum atomic E-state index is 0.550. The smallest absolute Gasteiger partial charge is 0.238 e. The third kappa shape index (κ3) is 13.5. The Morgan fingerprint density at radius 3 is 0.847 bits per heavy atom. The molecule has 33 aromatic rings. The van der Waals surface area contributed by atoms with E-state index in [-0.39, 0.29) is 0 Å². The molecule has 0 atom stereocenters. The van der Waals surface area contributed by atoms with Gasteiger partial charge in [-0.05, 0) is 167 Å². The Hall–Kier alpha value is -19.7. The molecule has 13 nitrogen and oxygen atoms in total. The molecule has 0 fully saturated rings. The van der Waals surface area contributed by atoms with Crippen LogP contribution in [0.4, 0.5) is 0 Å². The second kappa shape index (κ2) is 34.0. The van der Waals surface area contributed by atoms with E-state index in [9.17, 15) is 0 Å². The number of aromatic nitrogens is 10. The molecule has 0 aliphatic heterocycles. The van der Waals surface area contributed by atoms with E-state index in [1.165, 1.54) is 52.5 Å². The predicted molar refractivity (Wildman–Crippen MR) is 623 cm³/mol. The van der Waals surface area contributed by atoms with Gasteiger partial charge in [0.25, 0.3) is 0 Å². The molecule has 0 N–H and O–H groups in total. The van der Waals surface area contributed by atoms with Crippen molar-refractivity contribution in [2.24, 2.45) is 0 Å². The molecule has 0 radical (unpaired) electrons. The molecule has 11 aromatic heterocycles. The summed E-state index contributed by atoms with van der Waals surface area (Å²) in [6, 6.07) is 166. The zero-order valence-corrected chi connectivity index (χ0v) is 81.7. The fraction of sp³-hybridized carbons (Fsp3) is 0. The Morgan fingerprint density at radius 1 is 0.173 bits per heavy atom. The van der Waals surface area contributed by atoms with E-state index in [2.05, 4.69) is 414 Å². The third-order valence-electron chi connectivity index (χ3n) is 29.9. The number of furan rings is 3. The molecule has 0 amide bonds. The summed E-state index contributed by atoms with van der Waals surface area (Å²) in [5, 5.41) is 25.0. The van der Waals surface area contributed by atoms with Crippen molar-refractivity contribution in [1.29, 1.82) is 0 Å². The van der Waals surface area contributed by atoms with Crippen molar-refractivity contribution in [2.75, 3.05) is 0 Å². The van der Waals surface area contributed by atoms with Gasteiger partial charge in [0.1, 0.15) is 33.5 Å². The van der Waals surface area contributed by atoms with Crippen LogP contribution < -0.4 is 0 Å². The molecule has 150 heavy (non-hydrogen) atoms. The molecule has 22 aromatic carbocycles. The summed E-state index contributed by atoms with van der Waals surface area (Å²) in [5.74, 6) is 3.06. The molecule has 0 aliphatic rings. The standard InChI is InChI=1S/C48H27N3OS.C44H25N3OS.C43H26N4O/c1-2-10-28(11-3-1)32-20-22-35-39(27-32)51(38-24-23-37-42-34-15-7-6-13-30(34)21-25-40(42)52-46(37)43(35)38)48-49-44(33-19-18-29-12-4-5-14-31(29)26-33)47-45(50-48)36-16-8-9-17-41(36)53-47;1-3-11-26(12-4-1)29-19-21-31-35(25-29)47(34-23-22-33-38-30-16-8-7-13-27(30)20-24-36(38)48-42(33)39(31)34)44-45-40(28-14-5-2-6-15-28)43-41(46-44)32-17-9-10-18-37(32)49-43;1-4-12-27(13-5-1)31-20-22-33-36(26-31)47(43-45-41(29-15-6-2-7-16-29)44-42(46-43)30-17-8-3-9-18-30)35-24-23-34-38-32-19-11-10-14-28(32)21-25-37(38)48-40(34)39(33)35/h1-27H;1-25H;1-26H. The zero-order valence-electron chi connectivity index (χ0n) is 80.0. The van der Waals surface area contributed by atoms with Crippen LogP contribution in [0.5, 0.6) is 0 Å². The third-order valence-corrected chi connectivity index (χ3v) is 32.2. The number of hydrogen-bond acceptors (Lipinski definition) is 12. The lowest BCUT2D eigenvalue weighted by molar-refractivity contribution is 0.673. The van der Waals surface area contributed by atoms with Gasteiger partial charge in [0.2, 0.25) is 17.8 Å². The summed E-state index contributed by atoms with van der Waals surface area (Å²) >= 11 is 3.51. The first kappa shape index (κ1) is 84.8. The first-order valence-electron chi connectivity index (χ1n) is 50.3. The largest absolute Gasteiger partial charge is 0.455 e. The summed E-state index contributed by atoms with van der Waals surface area (Å²) in [5.41, 5.74) is 25.9. The van der Waals surface area contributed by atoms with Gasteiger partial charge in [-0.3, -0.25) is 13.7 Å². The number of benzene rings is 22. The Morgan fingerprint density at radius 2 is 0.467 bits per heavy atom. The van der Waals surface area contributed by atoms with Crippen LogP contribution in [0, 0.1) is 0 Å². The van der Waals surface area contributed by atoms with Gasteiger partial charge < -0.3 is 13.3 Å². The first-order valence-corrected chi connectivity index (χ1v) is 51.9. The molecule has 0 aliphatic carbocycles. The maximum atomic E-state index is 6.84. The maximum absolute atomic E-state index is 6.84. The van der Waals surface area contributed by atoms with E-state index < -0.39 is 0 Å². The van der Waals surface area contributed by atoms with Gasteiger partial charge in [0, 0.05) is 90.9 Å². The fourth-order valence-corrected chi connectivity index (χ4v) is 25.3. The minimum absolute atomic E-state index is 0.550. The number of fused-ring (bicyclic) bond motifs is 34. The van der Waals surface area contributed by atoms with Crippen molar-refractivity contribution >= 4 is 238 Å². The van der Waals surface area contributed by atoms with Crippen LogP contribution in [0.1, 0.15) is 0 Å². The van der Waals surface area contributed by atoms with Gasteiger partial charge in [-0.1, -0.05) is 382 Å². The van der Waals surface area contributed by atoms with Gasteiger partial charge in [0.15, 0.2) is 11.6 Å². The maximum Gasteiger partial charge on any atom is 0.238 e. The Kier molecular flexibility index (Phi) is 19.2. The molecule has 698 valence electrons. The lowest BCUT2D eigenvalue weighted by Gasteiger charge is -2.11. The first-order chi connectivity index (χ1) is 74.4. The van der Waals surface area contributed by atoms with Gasteiger partial charge in [-0.2, -0.15) is 9.97 Å². The number of thiophene rings is 2. The zero-order chi connectivity index (χ0) is 98.3. The molecular weight excluding hydrogens is 1870 g/mol. The second-order valence-corrected chi connectivity index (χ2v) is 40.4. The van der Waals surface area contributed by atoms with Crippen LogP contribution in [0.25, 0.3) is 311 Å². The Labute approximate surface area is 862 Å². The minimum Gasteiger partial charge on any atom is -0.455 e. The van der Waals surface area contributed by atoms with Gasteiger partial charge in [0.05, 0.1) is 81.1 Å². The van der Waals surface area contributed by atoms with Crippen molar-refractivity contribution in [3.63, 3.8) is 0 Å². The van der Waals surface area contributed by atoms with Crippen LogP contribution in [-0.4, -0.2) is 48.6 Å². The lowest BCUT2D eigenvalue weighted by Crippen LogP contribution is -2.06. The van der Waals surface area contributed by atoms with Crippen molar-refractivity contribution in [3.8, 4) is 96.5 Å². The molecule has 0 saturated carbocycles. The molecule has 15 heteroatoms.